The topological polar surface area (TPSA) is 69.6 Å². The molecule has 0 radical (unpaired) electrons. The van der Waals surface area contributed by atoms with Gasteiger partial charge in [-0.05, 0) is 18.3 Å². The van der Waals surface area contributed by atoms with Crippen LogP contribution in [-0.4, -0.2) is 69.3 Å². The maximum absolute atomic E-state index is 11.4. The molecule has 0 aromatic carbocycles. The molecule has 2 atom stereocenters. The van der Waals surface area contributed by atoms with Gasteiger partial charge < -0.3 is 15.3 Å². The number of piperazine rings is 1. The Morgan fingerprint density at radius 1 is 1.35 bits per heavy atom. The third kappa shape index (κ3) is 3.64. The van der Waals surface area contributed by atoms with Crippen molar-refractivity contribution in [1.29, 1.82) is 0 Å². The first-order valence-electron chi connectivity index (χ1n) is 6.35. The van der Waals surface area contributed by atoms with Crippen molar-refractivity contribution < 1.29 is 13.5 Å². The van der Waals surface area contributed by atoms with Crippen LogP contribution in [0.5, 0.6) is 0 Å². The lowest BCUT2D eigenvalue weighted by molar-refractivity contribution is 0.121. The fourth-order valence-electron chi connectivity index (χ4n) is 2.78. The van der Waals surface area contributed by atoms with E-state index in [1.54, 1.807) is 0 Å². The Kier molecular flexibility index (Phi) is 4.41. The molecule has 6 heteroatoms. The van der Waals surface area contributed by atoms with Gasteiger partial charge in [0.25, 0.3) is 0 Å². The Morgan fingerprint density at radius 2 is 2.06 bits per heavy atom. The Hall–Kier alpha value is -0.170. The molecule has 17 heavy (non-hydrogen) atoms. The standard InChI is InChI=1S/C11H22N2O3S/c14-8-11(7-13-4-2-12-3-5-13)10-1-6-17(15,16)9-10/h10-12,14H,1-9H2. The van der Waals surface area contributed by atoms with Crippen LogP contribution in [0.15, 0.2) is 0 Å². The van der Waals surface area contributed by atoms with E-state index in [-0.39, 0.29) is 24.2 Å². The molecule has 2 aliphatic rings. The largest absolute Gasteiger partial charge is 0.396 e. The zero-order chi connectivity index (χ0) is 12.3. The molecule has 2 saturated heterocycles. The molecular weight excluding hydrogens is 240 g/mol. The highest BCUT2D eigenvalue weighted by molar-refractivity contribution is 7.91. The number of rotatable bonds is 4. The van der Waals surface area contributed by atoms with E-state index in [4.69, 9.17) is 0 Å². The second-order valence-electron chi connectivity index (χ2n) is 5.16. The van der Waals surface area contributed by atoms with Crippen LogP contribution in [0.4, 0.5) is 0 Å². The first-order valence-corrected chi connectivity index (χ1v) is 8.17. The monoisotopic (exact) mass is 262 g/mol. The van der Waals surface area contributed by atoms with Crippen LogP contribution in [0.3, 0.4) is 0 Å². The van der Waals surface area contributed by atoms with E-state index in [0.29, 0.717) is 5.75 Å². The lowest BCUT2D eigenvalue weighted by atomic mass is 9.92. The van der Waals surface area contributed by atoms with Gasteiger partial charge in [0.15, 0.2) is 9.84 Å². The van der Waals surface area contributed by atoms with E-state index in [1.165, 1.54) is 0 Å². The van der Waals surface area contributed by atoms with E-state index in [9.17, 15) is 13.5 Å². The third-order valence-corrected chi connectivity index (χ3v) is 5.66. The maximum Gasteiger partial charge on any atom is 0.150 e. The fraction of sp³-hybridized carbons (Fsp3) is 1.00. The number of aliphatic hydroxyl groups excluding tert-OH is 1. The van der Waals surface area contributed by atoms with Crippen molar-refractivity contribution in [2.24, 2.45) is 11.8 Å². The molecule has 0 aromatic heterocycles. The zero-order valence-corrected chi connectivity index (χ0v) is 11.0. The quantitative estimate of drug-likeness (QED) is 0.675. The van der Waals surface area contributed by atoms with E-state index >= 15 is 0 Å². The maximum atomic E-state index is 11.4. The average Bonchev–Trinajstić information content (AvgIpc) is 2.68. The zero-order valence-electron chi connectivity index (χ0n) is 10.1. The molecule has 100 valence electrons. The summed E-state index contributed by atoms with van der Waals surface area (Å²) >= 11 is 0. The minimum absolute atomic E-state index is 0.101. The third-order valence-electron chi connectivity index (χ3n) is 3.87. The molecule has 2 unspecified atom stereocenters. The Balaban J connectivity index is 1.88. The van der Waals surface area contributed by atoms with Gasteiger partial charge in [0, 0.05) is 39.3 Å². The van der Waals surface area contributed by atoms with Gasteiger partial charge >= 0.3 is 0 Å². The molecule has 2 heterocycles. The Morgan fingerprint density at radius 3 is 2.59 bits per heavy atom. The van der Waals surface area contributed by atoms with E-state index < -0.39 is 9.84 Å². The van der Waals surface area contributed by atoms with Crippen LogP contribution in [0.25, 0.3) is 0 Å². The lowest BCUT2D eigenvalue weighted by Gasteiger charge is -2.32. The van der Waals surface area contributed by atoms with Gasteiger partial charge in [-0.3, -0.25) is 0 Å². The summed E-state index contributed by atoms with van der Waals surface area (Å²) in [6.07, 6.45) is 0.722. The molecule has 2 aliphatic heterocycles. The molecule has 0 bridgehead atoms. The average molecular weight is 262 g/mol. The summed E-state index contributed by atoms with van der Waals surface area (Å²) in [4.78, 5) is 2.32. The predicted octanol–water partition coefficient (Wildman–Crippen LogP) is -1.07. The number of aliphatic hydroxyl groups is 1. The first kappa shape index (κ1) is 13.3. The van der Waals surface area contributed by atoms with E-state index in [0.717, 1.165) is 39.1 Å². The summed E-state index contributed by atoms with van der Waals surface area (Å²) in [5.74, 6) is 0.838. The minimum Gasteiger partial charge on any atom is -0.396 e. The van der Waals surface area contributed by atoms with Gasteiger partial charge in [0.1, 0.15) is 0 Å². The molecule has 2 fully saturated rings. The van der Waals surface area contributed by atoms with Crippen LogP contribution >= 0.6 is 0 Å². The Bertz CT molecular complexity index is 339. The van der Waals surface area contributed by atoms with E-state index in [1.807, 2.05) is 0 Å². The van der Waals surface area contributed by atoms with Crippen molar-refractivity contribution in [3.05, 3.63) is 0 Å². The van der Waals surface area contributed by atoms with Crippen molar-refractivity contribution in [1.82, 2.24) is 10.2 Å². The summed E-state index contributed by atoms with van der Waals surface area (Å²) in [6.45, 7) is 4.90. The van der Waals surface area contributed by atoms with Crippen LogP contribution in [0, 0.1) is 11.8 Å². The molecule has 0 saturated carbocycles. The second-order valence-corrected chi connectivity index (χ2v) is 7.39. The minimum atomic E-state index is -2.83. The smallest absolute Gasteiger partial charge is 0.150 e. The summed E-state index contributed by atoms with van der Waals surface area (Å²) in [5, 5.41) is 12.7. The fourth-order valence-corrected chi connectivity index (χ4v) is 4.70. The molecule has 0 amide bonds. The van der Waals surface area contributed by atoms with Gasteiger partial charge in [0.05, 0.1) is 11.5 Å². The summed E-state index contributed by atoms with van der Waals surface area (Å²) in [6, 6.07) is 0. The van der Waals surface area contributed by atoms with Crippen LogP contribution in [-0.2, 0) is 9.84 Å². The van der Waals surface area contributed by atoms with Crippen LogP contribution in [0.2, 0.25) is 0 Å². The predicted molar refractivity (Wildman–Crippen MR) is 66.6 cm³/mol. The summed E-state index contributed by atoms with van der Waals surface area (Å²) < 4.78 is 22.9. The van der Waals surface area contributed by atoms with Gasteiger partial charge in [-0.2, -0.15) is 0 Å². The molecule has 0 spiro atoms. The van der Waals surface area contributed by atoms with Crippen molar-refractivity contribution in [2.75, 3.05) is 50.8 Å². The first-order chi connectivity index (χ1) is 8.11. The highest BCUT2D eigenvalue weighted by Crippen LogP contribution is 2.26. The van der Waals surface area contributed by atoms with Crippen LogP contribution in [0.1, 0.15) is 6.42 Å². The van der Waals surface area contributed by atoms with Gasteiger partial charge in [-0.15, -0.1) is 0 Å². The molecule has 0 aromatic rings. The molecule has 0 aliphatic carbocycles. The molecule has 2 rings (SSSR count). The number of sulfone groups is 1. The molecule has 5 nitrogen and oxygen atoms in total. The molecular formula is C11H22N2O3S. The van der Waals surface area contributed by atoms with Gasteiger partial charge in [0.2, 0.25) is 0 Å². The number of hydrogen-bond acceptors (Lipinski definition) is 5. The summed E-state index contributed by atoms with van der Waals surface area (Å²) in [5.41, 5.74) is 0. The highest BCUT2D eigenvalue weighted by Gasteiger charge is 2.34. The second kappa shape index (κ2) is 5.65. The number of nitrogens with zero attached hydrogens (tertiary/aromatic N) is 1. The molecule has 2 N–H and O–H groups in total. The van der Waals surface area contributed by atoms with Crippen molar-refractivity contribution in [2.45, 2.75) is 6.42 Å². The van der Waals surface area contributed by atoms with E-state index in [2.05, 4.69) is 10.2 Å². The number of hydrogen-bond donors (Lipinski definition) is 2. The SMILES string of the molecule is O=S1(=O)CCC(C(CO)CN2CCNCC2)C1. The lowest BCUT2D eigenvalue weighted by Crippen LogP contribution is -2.46. The summed E-state index contributed by atoms with van der Waals surface area (Å²) in [7, 11) is -2.83. The Labute approximate surface area is 103 Å². The van der Waals surface area contributed by atoms with Gasteiger partial charge in [-0.25, -0.2) is 8.42 Å². The van der Waals surface area contributed by atoms with Crippen LogP contribution < -0.4 is 5.32 Å². The van der Waals surface area contributed by atoms with Gasteiger partial charge in [-0.1, -0.05) is 0 Å². The number of nitrogens with one attached hydrogen (secondary N) is 1. The van der Waals surface area contributed by atoms with Crippen molar-refractivity contribution >= 4 is 9.84 Å². The normalized spacial score (nSPS) is 31.5. The van der Waals surface area contributed by atoms with Crippen molar-refractivity contribution in [3.63, 3.8) is 0 Å². The van der Waals surface area contributed by atoms with Crippen molar-refractivity contribution in [3.8, 4) is 0 Å². The highest BCUT2D eigenvalue weighted by atomic mass is 32.2.